The molecule has 0 aliphatic carbocycles. The fourth-order valence-corrected chi connectivity index (χ4v) is 6.88. The molecule has 0 aromatic heterocycles. The second kappa shape index (κ2) is 40.0. The number of hydrogen-bond acceptors (Lipinski definition) is 1. The van der Waals surface area contributed by atoms with Crippen LogP contribution >= 0.6 is 0 Å². The van der Waals surface area contributed by atoms with Gasteiger partial charge in [0.25, 0.3) is 0 Å². The first kappa shape index (κ1) is 43.0. The molecule has 1 heteroatoms. The summed E-state index contributed by atoms with van der Waals surface area (Å²) in [7, 11) is 0. The van der Waals surface area contributed by atoms with Crippen LogP contribution in [-0.2, 0) is 0 Å². The molecule has 1 N–H and O–H groups in total. The van der Waals surface area contributed by atoms with E-state index in [4.69, 9.17) is 0 Å². The first-order valence-corrected chi connectivity index (χ1v) is 21.0. The summed E-state index contributed by atoms with van der Waals surface area (Å²) in [6, 6.07) is 0. The van der Waals surface area contributed by atoms with Crippen molar-refractivity contribution in [2.45, 2.75) is 270 Å². The lowest BCUT2D eigenvalue weighted by atomic mass is 10.0. The molecule has 1 unspecified atom stereocenters. The molecule has 0 aromatic rings. The van der Waals surface area contributed by atoms with Gasteiger partial charge in [0.2, 0.25) is 0 Å². The summed E-state index contributed by atoms with van der Waals surface area (Å²) in [5.74, 6) is 0. The van der Waals surface area contributed by atoms with Gasteiger partial charge < -0.3 is 5.11 Å². The van der Waals surface area contributed by atoms with Crippen LogP contribution in [0, 0.1) is 0 Å². The zero-order chi connectivity index (χ0) is 31.2. The summed E-state index contributed by atoms with van der Waals surface area (Å²) in [4.78, 5) is 0. The van der Waals surface area contributed by atoms with Crippen LogP contribution in [0.15, 0.2) is 0 Å². The molecule has 0 fully saturated rings. The molecular formula is C42H86O. The van der Waals surface area contributed by atoms with Gasteiger partial charge in [-0.05, 0) is 12.8 Å². The predicted octanol–water partition coefficient (Wildman–Crippen LogP) is 15.6. The Labute approximate surface area is 274 Å². The van der Waals surface area contributed by atoms with Crippen molar-refractivity contribution in [2.75, 3.05) is 0 Å². The first-order chi connectivity index (χ1) is 21.3. The van der Waals surface area contributed by atoms with Crippen molar-refractivity contribution >= 4 is 0 Å². The highest BCUT2D eigenvalue weighted by atomic mass is 16.3. The Morgan fingerprint density at radius 2 is 0.372 bits per heavy atom. The van der Waals surface area contributed by atoms with E-state index in [1.54, 1.807) is 0 Å². The smallest absolute Gasteiger partial charge is 0.0540 e. The lowest BCUT2D eigenvalue weighted by Crippen LogP contribution is -2.05. The molecule has 0 bridgehead atoms. The number of hydrogen-bond donors (Lipinski definition) is 1. The van der Waals surface area contributed by atoms with Crippen molar-refractivity contribution in [1.29, 1.82) is 0 Å². The second-order valence-electron chi connectivity index (χ2n) is 14.6. The van der Waals surface area contributed by atoms with Gasteiger partial charge in [0.15, 0.2) is 0 Å². The molecule has 0 saturated carbocycles. The lowest BCUT2D eigenvalue weighted by molar-refractivity contribution is 0.147. The van der Waals surface area contributed by atoms with E-state index in [1.807, 2.05) is 0 Å². The molecule has 43 heavy (non-hydrogen) atoms. The topological polar surface area (TPSA) is 20.2 Å². The van der Waals surface area contributed by atoms with Gasteiger partial charge in [-0.15, -0.1) is 0 Å². The van der Waals surface area contributed by atoms with E-state index >= 15 is 0 Å². The van der Waals surface area contributed by atoms with E-state index in [2.05, 4.69) is 13.8 Å². The van der Waals surface area contributed by atoms with Crippen LogP contribution in [0.25, 0.3) is 0 Å². The highest BCUT2D eigenvalue weighted by Crippen LogP contribution is 2.18. The largest absolute Gasteiger partial charge is 0.393 e. The van der Waals surface area contributed by atoms with Crippen LogP contribution in [0.2, 0.25) is 0 Å². The number of unbranched alkanes of at least 4 members (excludes halogenated alkanes) is 35. The third-order valence-electron chi connectivity index (χ3n) is 10.0. The van der Waals surface area contributed by atoms with Crippen molar-refractivity contribution in [2.24, 2.45) is 0 Å². The SMILES string of the molecule is CCCCCCCCCCCCCCCCCCCCCC(O)CCCCCCCCCCCCCCCCCCCC. The first-order valence-electron chi connectivity index (χ1n) is 21.0. The van der Waals surface area contributed by atoms with Crippen molar-refractivity contribution in [3.63, 3.8) is 0 Å². The number of rotatable bonds is 39. The molecule has 0 spiro atoms. The molecule has 260 valence electrons. The van der Waals surface area contributed by atoms with Crippen LogP contribution in [-0.4, -0.2) is 11.2 Å². The van der Waals surface area contributed by atoms with Gasteiger partial charge in [-0.25, -0.2) is 0 Å². The van der Waals surface area contributed by atoms with E-state index in [0.29, 0.717) is 0 Å². The maximum Gasteiger partial charge on any atom is 0.0540 e. The monoisotopic (exact) mass is 607 g/mol. The summed E-state index contributed by atoms with van der Waals surface area (Å²) in [5.41, 5.74) is 0. The fourth-order valence-electron chi connectivity index (χ4n) is 6.88. The van der Waals surface area contributed by atoms with Crippen LogP contribution in [0.5, 0.6) is 0 Å². The minimum atomic E-state index is -0.0353. The second-order valence-corrected chi connectivity index (χ2v) is 14.6. The van der Waals surface area contributed by atoms with E-state index in [9.17, 15) is 5.11 Å². The van der Waals surface area contributed by atoms with E-state index < -0.39 is 0 Å². The van der Waals surface area contributed by atoms with Gasteiger partial charge in [0.05, 0.1) is 6.10 Å². The Hall–Kier alpha value is -0.0400. The lowest BCUT2D eigenvalue weighted by Gasteiger charge is -2.10. The normalized spacial score (nSPS) is 12.3. The molecule has 0 radical (unpaired) electrons. The highest BCUT2D eigenvalue weighted by Gasteiger charge is 2.04. The van der Waals surface area contributed by atoms with Crippen LogP contribution in [0.1, 0.15) is 264 Å². The Kier molecular flexibility index (Phi) is 39.9. The summed E-state index contributed by atoms with van der Waals surface area (Å²) in [6.07, 6.45) is 54.9. The molecule has 0 amide bonds. The minimum absolute atomic E-state index is 0.0353. The van der Waals surface area contributed by atoms with Gasteiger partial charge >= 0.3 is 0 Å². The summed E-state index contributed by atoms with van der Waals surface area (Å²) >= 11 is 0. The molecule has 0 aromatic carbocycles. The number of aliphatic hydroxyl groups excluding tert-OH is 1. The van der Waals surface area contributed by atoms with Crippen LogP contribution in [0.3, 0.4) is 0 Å². The van der Waals surface area contributed by atoms with E-state index in [1.165, 1.54) is 238 Å². The average molecular weight is 607 g/mol. The van der Waals surface area contributed by atoms with E-state index in [-0.39, 0.29) is 6.10 Å². The van der Waals surface area contributed by atoms with Gasteiger partial charge in [-0.2, -0.15) is 0 Å². The maximum absolute atomic E-state index is 10.3. The van der Waals surface area contributed by atoms with Crippen molar-refractivity contribution in [1.82, 2.24) is 0 Å². The van der Waals surface area contributed by atoms with Crippen molar-refractivity contribution < 1.29 is 5.11 Å². The predicted molar refractivity (Wildman–Crippen MR) is 197 cm³/mol. The average Bonchev–Trinajstić information content (AvgIpc) is 3.01. The van der Waals surface area contributed by atoms with Gasteiger partial charge in [-0.1, -0.05) is 251 Å². The molecule has 0 heterocycles. The van der Waals surface area contributed by atoms with Gasteiger partial charge in [-0.3, -0.25) is 0 Å². The van der Waals surface area contributed by atoms with Gasteiger partial charge in [0, 0.05) is 0 Å². The summed E-state index contributed by atoms with van der Waals surface area (Å²) < 4.78 is 0. The third-order valence-corrected chi connectivity index (χ3v) is 10.0. The zero-order valence-corrected chi connectivity index (χ0v) is 30.6. The molecule has 0 aliphatic rings. The van der Waals surface area contributed by atoms with Crippen molar-refractivity contribution in [3.05, 3.63) is 0 Å². The Bertz CT molecular complexity index is 460. The fraction of sp³-hybridized carbons (Fsp3) is 1.00. The highest BCUT2D eigenvalue weighted by molar-refractivity contribution is 4.58. The molecule has 0 rings (SSSR count). The van der Waals surface area contributed by atoms with E-state index in [0.717, 1.165) is 12.8 Å². The molecular weight excluding hydrogens is 520 g/mol. The minimum Gasteiger partial charge on any atom is -0.393 e. The molecule has 1 nitrogen and oxygen atoms in total. The standard InChI is InChI=1S/C42H86O/c1-3-5-7-9-11-13-15-17-19-21-23-25-27-29-31-33-35-37-39-41-42(43)40-38-36-34-32-30-28-26-24-22-20-18-16-14-12-10-8-6-4-2/h42-43H,3-41H2,1-2H3. The Balaban J connectivity index is 3.13. The Morgan fingerprint density at radius 1 is 0.233 bits per heavy atom. The molecule has 0 saturated heterocycles. The third kappa shape index (κ3) is 39.9. The van der Waals surface area contributed by atoms with Crippen molar-refractivity contribution in [3.8, 4) is 0 Å². The Morgan fingerprint density at radius 3 is 0.535 bits per heavy atom. The summed E-state index contributed by atoms with van der Waals surface area (Å²) in [5, 5.41) is 10.3. The maximum atomic E-state index is 10.3. The van der Waals surface area contributed by atoms with Crippen LogP contribution < -0.4 is 0 Å². The molecule has 0 aliphatic heterocycles. The summed E-state index contributed by atoms with van der Waals surface area (Å²) in [6.45, 7) is 4.61. The number of aliphatic hydroxyl groups is 1. The van der Waals surface area contributed by atoms with Crippen LogP contribution in [0.4, 0.5) is 0 Å². The zero-order valence-electron chi connectivity index (χ0n) is 30.6. The van der Waals surface area contributed by atoms with Gasteiger partial charge in [0.1, 0.15) is 0 Å². The quantitative estimate of drug-likeness (QED) is 0.0690. The molecule has 1 atom stereocenters.